The maximum absolute atomic E-state index is 13.5. The first kappa shape index (κ1) is 25.9. The molecule has 1 aromatic rings. The van der Waals surface area contributed by atoms with Gasteiger partial charge in [0.05, 0.1) is 19.3 Å². The molecule has 0 heterocycles. The molecule has 156 valence electrons. The number of para-hydroxylation sites is 1. The van der Waals surface area contributed by atoms with Crippen LogP contribution in [0.5, 0.6) is 5.75 Å². The van der Waals surface area contributed by atoms with E-state index in [1.54, 1.807) is 32.0 Å². The van der Waals surface area contributed by atoms with Gasteiger partial charge < -0.3 is 15.0 Å². The molecule has 1 aromatic carbocycles. The summed E-state index contributed by atoms with van der Waals surface area (Å²) in [4.78, 5) is 6.34. The molecule has 7 nitrogen and oxygen atoms in total. The van der Waals surface area contributed by atoms with E-state index in [2.05, 4.69) is 15.0 Å². The van der Waals surface area contributed by atoms with Crippen LogP contribution in [0.3, 0.4) is 0 Å². The lowest BCUT2D eigenvalue weighted by Gasteiger charge is -2.26. The number of rotatable bonds is 9. The first-order valence-corrected chi connectivity index (χ1v) is 10.3. The zero-order chi connectivity index (χ0) is 19.8. The standard InChI is InChI=1S/C17H29FN4O3S.HI/c1-6-19-16(20-13-17(2,3)21-26(5,23)24)22(4)11-12-25-15-10-8-7-9-14(15)18;/h7-10,21H,6,11-13H2,1-5H3,(H,19,20);1H. The summed E-state index contributed by atoms with van der Waals surface area (Å²) in [6, 6.07) is 6.25. The van der Waals surface area contributed by atoms with Crippen molar-refractivity contribution < 1.29 is 17.5 Å². The minimum Gasteiger partial charge on any atom is -0.489 e. The Morgan fingerprint density at radius 2 is 1.96 bits per heavy atom. The molecule has 0 radical (unpaired) electrons. The first-order valence-electron chi connectivity index (χ1n) is 8.40. The lowest BCUT2D eigenvalue weighted by Crippen LogP contribution is -2.47. The summed E-state index contributed by atoms with van der Waals surface area (Å²) >= 11 is 0. The van der Waals surface area contributed by atoms with Gasteiger partial charge in [0.2, 0.25) is 10.0 Å². The highest BCUT2D eigenvalue weighted by molar-refractivity contribution is 14.0. The van der Waals surface area contributed by atoms with E-state index in [9.17, 15) is 12.8 Å². The van der Waals surface area contributed by atoms with Crippen molar-refractivity contribution in [1.29, 1.82) is 0 Å². The molecule has 0 saturated carbocycles. The molecule has 0 spiro atoms. The Morgan fingerprint density at radius 3 is 2.52 bits per heavy atom. The minimum absolute atomic E-state index is 0. The lowest BCUT2D eigenvalue weighted by molar-refractivity contribution is 0.270. The average Bonchev–Trinajstić information content (AvgIpc) is 2.50. The summed E-state index contributed by atoms with van der Waals surface area (Å²) < 4.78 is 44.4. The molecule has 0 unspecified atom stereocenters. The summed E-state index contributed by atoms with van der Waals surface area (Å²) in [7, 11) is -1.48. The van der Waals surface area contributed by atoms with Crippen LogP contribution in [0.1, 0.15) is 20.8 Å². The first-order chi connectivity index (χ1) is 12.0. The van der Waals surface area contributed by atoms with Crippen molar-refractivity contribution in [2.24, 2.45) is 4.99 Å². The Hall–Kier alpha value is -1.14. The van der Waals surface area contributed by atoms with Gasteiger partial charge in [-0.15, -0.1) is 24.0 Å². The topological polar surface area (TPSA) is 83.0 Å². The predicted octanol–water partition coefficient (Wildman–Crippen LogP) is 2.05. The fraction of sp³-hybridized carbons (Fsp3) is 0.588. The van der Waals surface area contributed by atoms with Crippen molar-refractivity contribution >= 4 is 40.0 Å². The molecule has 1 rings (SSSR count). The van der Waals surface area contributed by atoms with E-state index in [4.69, 9.17) is 4.74 Å². The van der Waals surface area contributed by atoms with Crippen molar-refractivity contribution in [2.45, 2.75) is 26.3 Å². The van der Waals surface area contributed by atoms with Crippen molar-refractivity contribution in [2.75, 3.05) is 39.5 Å². The lowest BCUT2D eigenvalue weighted by atomic mass is 10.1. The van der Waals surface area contributed by atoms with Crippen LogP contribution in [0, 0.1) is 5.82 Å². The van der Waals surface area contributed by atoms with Crippen molar-refractivity contribution in [3.05, 3.63) is 30.1 Å². The fourth-order valence-electron chi connectivity index (χ4n) is 2.24. The van der Waals surface area contributed by atoms with E-state index >= 15 is 0 Å². The molecule has 0 amide bonds. The van der Waals surface area contributed by atoms with Crippen LogP contribution >= 0.6 is 24.0 Å². The number of halogens is 2. The Morgan fingerprint density at radius 1 is 1.33 bits per heavy atom. The number of aliphatic imine (C=N–C) groups is 1. The fourth-order valence-corrected chi connectivity index (χ4v) is 3.30. The molecular weight excluding hydrogens is 486 g/mol. The Labute approximate surface area is 178 Å². The Bertz CT molecular complexity index is 714. The Kier molecular flexibility index (Phi) is 11.2. The SMILES string of the molecule is CCNC(=NCC(C)(C)NS(C)(=O)=O)N(C)CCOc1ccccc1F.I. The highest BCUT2D eigenvalue weighted by Crippen LogP contribution is 2.15. The largest absolute Gasteiger partial charge is 0.489 e. The number of hydrogen-bond donors (Lipinski definition) is 2. The highest BCUT2D eigenvalue weighted by atomic mass is 127. The van der Waals surface area contributed by atoms with Gasteiger partial charge in [-0.1, -0.05) is 12.1 Å². The number of nitrogens with one attached hydrogen (secondary N) is 2. The third kappa shape index (κ3) is 10.7. The molecular formula is C17H30FIN4O3S. The second-order valence-corrected chi connectivity index (χ2v) is 8.38. The third-order valence-electron chi connectivity index (χ3n) is 3.30. The van der Waals surface area contributed by atoms with E-state index in [-0.39, 0.29) is 42.9 Å². The molecule has 0 aliphatic carbocycles. The van der Waals surface area contributed by atoms with Gasteiger partial charge in [-0.3, -0.25) is 4.99 Å². The van der Waals surface area contributed by atoms with Gasteiger partial charge in [0.15, 0.2) is 17.5 Å². The number of likely N-dealkylation sites (N-methyl/N-ethyl adjacent to an activating group) is 1. The van der Waals surface area contributed by atoms with Gasteiger partial charge in [-0.05, 0) is 32.9 Å². The number of sulfonamides is 1. The molecule has 0 aliphatic heterocycles. The molecule has 0 saturated heterocycles. The molecule has 0 aliphatic rings. The second-order valence-electron chi connectivity index (χ2n) is 6.63. The number of hydrogen-bond acceptors (Lipinski definition) is 4. The molecule has 10 heteroatoms. The van der Waals surface area contributed by atoms with Gasteiger partial charge in [-0.25, -0.2) is 17.5 Å². The van der Waals surface area contributed by atoms with Crippen LogP contribution < -0.4 is 14.8 Å². The van der Waals surface area contributed by atoms with E-state index in [0.29, 0.717) is 19.0 Å². The van der Waals surface area contributed by atoms with Crippen LogP contribution in [0.25, 0.3) is 0 Å². The number of nitrogens with zero attached hydrogens (tertiary/aromatic N) is 2. The van der Waals surface area contributed by atoms with E-state index < -0.39 is 21.4 Å². The van der Waals surface area contributed by atoms with Crippen molar-refractivity contribution in [3.63, 3.8) is 0 Å². The Balaban J connectivity index is 0.00000676. The van der Waals surface area contributed by atoms with Crippen molar-refractivity contribution in [3.8, 4) is 5.75 Å². The maximum Gasteiger partial charge on any atom is 0.209 e. The summed E-state index contributed by atoms with van der Waals surface area (Å²) in [5.41, 5.74) is -0.710. The van der Waals surface area contributed by atoms with Crippen LogP contribution in [-0.2, 0) is 10.0 Å². The number of ether oxygens (including phenoxy) is 1. The molecule has 0 aromatic heterocycles. The van der Waals surface area contributed by atoms with E-state index in [1.807, 2.05) is 18.9 Å². The zero-order valence-corrected chi connectivity index (χ0v) is 19.6. The molecule has 0 bridgehead atoms. The maximum atomic E-state index is 13.5. The normalized spacial score (nSPS) is 12.3. The van der Waals surface area contributed by atoms with Gasteiger partial charge in [0.1, 0.15) is 6.61 Å². The predicted molar refractivity (Wildman–Crippen MR) is 118 cm³/mol. The third-order valence-corrected chi connectivity index (χ3v) is 4.23. The highest BCUT2D eigenvalue weighted by Gasteiger charge is 2.22. The summed E-state index contributed by atoms with van der Waals surface area (Å²) in [6.07, 6.45) is 1.12. The summed E-state index contributed by atoms with van der Waals surface area (Å²) in [5, 5.41) is 3.15. The monoisotopic (exact) mass is 516 g/mol. The second kappa shape index (κ2) is 11.6. The summed E-state index contributed by atoms with van der Waals surface area (Å²) in [6.45, 7) is 7.18. The molecule has 0 fully saturated rings. The van der Waals surface area contributed by atoms with Crippen LogP contribution in [0.2, 0.25) is 0 Å². The number of guanidine groups is 1. The zero-order valence-electron chi connectivity index (χ0n) is 16.5. The smallest absolute Gasteiger partial charge is 0.209 e. The van der Waals surface area contributed by atoms with Gasteiger partial charge >= 0.3 is 0 Å². The van der Waals surface area contributed by atoms with Gasteiger partial charge in [0, 0.05) is 19.1 Å². The quantitative estimate of drug-likeness (QED) is 0.298. The van der Waals surface area contributed by atoms with Crippen LogP contribution in [0.4, 0.5) is 4.39 Å². The molecule has 2 N–H and O–H groups in total. The van der Waals surface area contributed by atoms with Crippen LogP contribution in [0.15, 0.2) is 29.3 Å². The molecule has 0 atom stereocenters. The minimum atomic E-state index is -3.32. The molecule has 27 heavy (non-hydrogen) atoms. The summed E-state index contributed by atoms with van der Waals surface area (Å²) in [5.74, 6) is 0.429. The van der Waals surface area contributed by atoms with Gasteiger partial charge in [0.25, 0.3) is 0 Å². The number of benzene rings is 1. The van der Waals surface area contributed by atoms with Gasteiger partial charge in [-0.2, -0.15) is 0 Å². The van der Waals surface area contributed by atoms with Crippen molar-refractivity contribution in [1.82, 2.24) is 14.9 Å². The van der Waals surface area contributed by atoms with Crippen LogP contribution in [-0.4, -0.2) is 64.4 Å². The van der Waals surface area contributed by atoms with E-state index in [1.165, 1.54) is 6.07 Å². The van der Waals surface area contributed by atoms with E-state index in [0.717, 1.165) is 6.26 Å². The average molecular weight is 516 g/mol.